The Morgan fingerprint density at radius 1 is 1.35 bits per heavy atom. The van der Waals surface area contributed by atoms with E-state index in [-0.39, 0.29) is 22.3 Å². The number of rotatable bonds is 5. The Kier molecular flexibility index (Phi) is 6.58. The predicted molar refractivity (Wildman–Crippen MR) is 82.7 cm³/mol. The van der Waals surface area contributed by atoms with Gasteiger partial charge in [0.05, 0.1) is 15.7 Å². The van der Waals surface area contributed by atoms with E-state index in [0.717, 1.165) is 0 Å². The summed E-state index contributed by atoms with van der Waals surface area (Å²) in [6.45, 7) is 1.79. The number of urea groups is 1. The van der Waals surface area contributed by atoms with Crippen LogP contribution in [0.25, 0.3) is 0 Å². The van der Waals surface area contributed by atoms with E-state index in [0.29, 0.717) is 17.4 Å². The molecule has 0 saturated carbocycles. The Morgan fingerprint density at radius 2 is 1.90 bits per heavy atom. The van der Waals surface area contributed by atoms with Crippen molar-refractivity contribution in [2.45, 2.75) is 13.3 Å². The summed E-state index contributed by atoms with van der Waals surface area (Å²) in [4.78, 5) is 24.0. The second kappa shape index (κ2) is 7.71. The molecule has 1 aromatic rings. The smallest absolute Gasteiger partial charge is 0.323 e. The molecule has 2 amide bonds. The van der Waals surface area contributed by atoms with Crippen molar-refractivity contribution >= 4 is 56.8 Å². The second-order valence-corrected chi connectivity index (χ2v) is 5.72. The topological polar surface area (TPSA) is 69.6 Å². The van der Waals surface area contributed by atoms with E-state index in [1.165, 1.54) is 4.90 Å². The van der Waals surface area contributed by atoms with Gasteiger partial charge in [0.15, 0.2) is 0 Å². The Hall–Kier alpha value is -0.980. The first-order chi connectivity index (χ1) is 9.35. The van der Waals surface area contributed by atoms with Gasteiger partial charge in [0.2, 0.25) is 0 Å². The molecule has 1 aromatic carbocycles. The lowest BCUT2D eigenvalue weighted by atomic mass is 10.3. The first kappa shape index (κ1) is 17.1. The molecule has 110 valence electrons. The van der Waals surface area contributed by atoms with Gasteiger partial charge in [-0.15, -0.1) is 0 Å². The molecule has 0 heterocycles. The van der Waals surface area contributed by atoms with Crippen molar-refractivity contribution in [3.05, 3.63) is 26.7 Å². The fourth-order valence-corrected chi connectivity index (χ4v) is 2.84. The molecule has 0 radical (unpaired) electrons. The van der Waals surface area contributed by atoms with Crippen LogP contribution in [0.2, 0.25) is 10.0 Å². The predicted octanol–water partition coefficient (Wildman–Crippen LogP) is 4.08. The first-order valence-corrected chi connectivity index (χ1v) is 7.32. The Labute approximate surface area is 135 Å². The molecule has 0 aromatic heterocycles. The molecule has 0 spiro atoms. The first-order valence-electron chi connectivity index (χ1n) is 5.77. The number of anilines is 1. The van der Waals surface area contributed by atoms with Gasteiger partial charge in [0, 0.05) is 11.0 Å². The lowest BCUT2D eigenvalue weighted by molar-refractivity contribution is -0.137. The average Bonchev–Trinajstić information content (AvgIpc) is 2.32. The minimum absolute atomic E-state index is 0.257. The monoisotopic (exact) mass is 382 g/mol. The lowest BCUT2D eigenvalue weighted by Crippen LogP contribution is -2.39. The minimum atomic E-state index is -1.08. The van der Waals surface area contributed by atoms with Crippen molar-refractivity contribution in [3.8, 4) is 0 Å². The van der Waals surface area contributed by atoms with E-state index >= 15 is 0 Å². The van der Waals surface area contributed by atoms with Gasteiger partial charge >= 0.3 is 12.0 Å². The fourth-order valence-electron chi connectivity index (χ4n) is 1.53. The summed E-state index contributed by atoms with van der Waals surface area (Å²) in [7, 11) is 0. The highest BCUT2D eigenvalue weighted by molar-refractivity contribution is 9.10. The van der Waals surface area contributed by atoms with Crippen molar-refractivity contribution in [2.75, 3.05) is 18.4 Å². The third-order valence-corrected chi connectivity index (χ3v) is 3.40. The number of hydrogen-bond acceptors (Lipinski definition) is 2. The van der Waals surface area contributed by atoms with Crippen molar-refractivity contribution in [1.29, 1.82) is 0 Å². The second-order valence-electron chi connectivity index (χ2n) is 3.99. The number of carboxylic acid groups (broad SMARTS) is 1. The van der Waals surface area contributed by atoms with E-state index in [1.807, 2.05) is 6.92 Å². The molecule has 0 saturated heterocycles. The number of carbonyl (C=O) groups excluding carboxylic acids is 1. The molecule has 0 aliphatic carbocycles. The standard InChI is InChI=1S/C12H13BrCl2N2O3/c1-2-3-17(6-10(18)19)12(20)16-11-8(14)4-7(13)5-9(11)15/h4-5H,2-3,6H2,1H3,(H,16,20)(H,18,19). The summed E-state index contributed by atoms with van der Waals surface area (Å²) in [5, 5.41) is 11.9. The van der Waals surface area contributed by atoms with Crippen molar-refractivity contribution in [2.24, 2.45) is 0 Å². The maximum atomic E-state index is 12.0. The molecule has 8 heteroatoms. The molecular weight excluding hydrogens is 371 g/mol. The zero-order valence-electron chi connectivity index (χ0n) is 10.6. The van der Waals surface area contributed by atoms with Gasteiger partial charge in [-0.05, 0) is 18.6 Å². The largest absolute Gasteiger partial charge is 0.480 e. The van der Waals surface area contributed by atoms with Crippen molar-refractivity contribution in [1.82, 2.24) is 4.90 Å². The Bertz CT molecular complexity index is 502. The molecule has 20 heavy (non-hydrogen) atoms. The molecule has 0 bridgehead atoms. The number of amides is 2. The van der Waals surface area contributed by atoms with Gasteiger partial charge in [-0.3, -0.25) is 4.79 Å². The van der Waals surface area contributed by atoms with Crippen LogP contribution in [-0.4, -0.2) is 35.1 Å². The van der Waals surface area contributed by atoms with E-state index in [1.54, 1.807) is 12.1 Å². The quantitative estimate of drug-likeness (QED) is 0.804. The van der Waals surface area contributed by atoms with Gasteiger partial charge in [0.1, 0.15) is 6.54 Å². The average molecular weight is 384 g/mol. The molecule has 0 fully saturated rings. The van der Waals surface area contributed by atoms with E-state index < -0.39 is 12.0 Å². The van der Waals surface area contributed by atoms with Crippen molar-refractivity contribution < 1.29 is 14.7 Å². The molecule has 1 rings (SSSR count). The number of nitrogens with one attached hydrogen (secondary N) is 1. The number of hydrogen-bond donors (Lipinski definition) is 2. The summed E-state index contributed by atoms with van der Waals surface area (Å²) in [5.41, 5.74) is 0.257. The third kappa shape index (κ3) is 4.85. The Morgan fingerprint density at radius 3 is 2.35 bits per heavy atom. The number of benzene rings is 1. The highest BCUT2D eigenvalue weighted by Gasteiger charge is 2.18. The van der Waals surface area contributed by atoms with E-state index in [2.05, 4.69) is 21.2 Å². The van der Waals surface area contributed by atoms with Crippen LogP contribution in [0.4, 0.5) is 10.5 Å². The zero-order valence-corrected chi connectivity index (χ0v) is 13.7. The van der Waals surface area contributed by atoms with E-state index in [4.69, 9.17) is 28.3 Å². The highest BCUT2D eigenvalue weighted by atomic mass is 79.9. The minimum Gasteiger partial charge on any atom is -0.480 e. The van der Waals surface area contributed by atoms with Crippen LogP contribution in [0.5, 0.6) is 0 Å². The van der Waals surface area contributed by atoms with Crippen LogP contribution in [0.3, 0.4) is 0 Å². The summed E-state index contributed by atoms with van der Waals surface area (Å²) in [5.74, 6) is -1.08. The van der Waals surface area contributed by atoms with Crippen LogP contribution in [-0.2, 0) is 4.79 Å². The summed E-state index contributed by atoms with van der Waals surface area (Å²) in [6.07, 6.45) is 0.641. The van der Waals surface area contributed by atoms with Crippen LogP contribution < -0.4 is 5.32 Å². The number of aliphatic carboxylic acids is 1. The van der Waals surface area contributed by atoms with Crippen LogP contribution in [0.1, 0.15) is 13.3 Å². The molecule has 5 nitrogen and oxygen atoms in total. The van der Waals surface area contributed by atoms with Crippen molar-refractivity contribution in [3.63, 3.8) is 0 Å². The molecule has 0 aliphatic rings. The number of nitrogens with zero attached hydrogens (tertiary/aromatic N) is 1. The van der Waals surface area contributed by atoms with E-state index in [9.17, 15) is 9.59 Å². The van der Waals surface area contributed by atoms with Crippen LogP contribution in [0, 0.1) is 0 Å². The number of halogens is 3. The van der Waals surface area contributed by atoms with Gasteiger partial charge in [-0.25, -0.2) is 4.79 Å². The molecule has 0 aliphatic heterocycles. The van der Waals surface area contributed by atoms with Crippen LogP contribution >= 0.6 is 39.1 Å². The van der Waals surface area contributed by atoms with Gasteiger partial charge in [-0.2, -0.15) is 0 Å². The molecule has 2 N–H and O–H groups in total. The highest BCUT2D eigenvalue weighted by Crippen LogP contribution is 2.33. The fraction of sp³-hybridized carbons (Fsp3) is 0.333. The number of carboxylic acids is 1. The number of carbonyl (C=O) groups is 2. The maximum Gasteiger partial charge on any atom is 0.323 e. The normalized spacial score (nSPS) is 10.2. The SMILES string of the molecule is CCCN(CC(=O)O)C(=O)Nc1c(Cl)cc(Br)cc1Cl. The third-order valence-electron chi connectivity index (χ3n) is 2.35. The summed E-state index contributed by atoms with van der Waals surface area (Å²) in [6, 6.07) is 2.62. The Balaban J connectivity index is 2.90. The molecule has 0 unspecified atom stereocenters. The van der Waals surface area contributed by atoms with Gasteiger partial charge < -0.3 is 15.3 Å². The lowest BCUT2D eigenvalue weighted by Gasteiger charge is -2.21. The van der Waals surface area contributed by atoms with Gasteiger partial charge in [0.25, 0.3) is 0 Å². The summed E-state index contributed by atoms with van der Waals surface area (Å²) < 4.78 is 0.682. The molecular formula is C12H13BrCl2N2O3. The van der Waals surface area contributed by atoms with Crippen LogP contribution in [0.15, 0.2) is 16.6 Å². The maximum absolute atomic E-state index is 12.0. The summed E-state index contributed by atoms with van der Waals surface area (Å²) >= 11 is 15.2. The zero-order chi connectivity index (χ0) is 15.3. The van der Waals surface area contributed by atoms with Gasteiger partial charge in [-0.1, -0.05) is 46.1 Å². The molecule has 0 atom stereocenters.